The Bertz CT molecular complexity index is 409. The van der Waals surface area contributed by atoms with Crippen molar-refractivity contribution in [3.63, 3.8) is 0 Å². The molecule has 0 aliphatic carbocycles. The highest BCUT2D eigenvalue weighted by Gasteiger charge is 2.18. The highest BCUT2D eigenvalue weighted by atomic mass is 16.5. The van der Waals surface area contributed by atoms with Gasteiger partial charge in [-0.3, -0.25) is 4.79 Å². The number of hydrogen-bond acceptors (Lipinski definition) is 4. The van der Waals surface area contributed by atoms with E-state index in [1.165, 1.54) is 0 Å². The SMILES string of the molecule is CCOC(=O)Cc1c(C(=O)OCC)ccn1C. The van der Waals surface area contributed by atoms with E-state index in [0.29, 0.717) is 24.5 Å². The van der Waals surface area contributed by atoms with Crippen LogP contribution in [-0.4, -0.2) is 29.7 Å². The van der Waals surface area contributed by atoms with Crippen molar-refractivity contribution in [2.45, 2.75) is 20.3 Å². The molecule has 1 heterocycles. The van der Waals surface area contributed by atoms with E-state index in [1.807, 2.05) is 0 Å². The summed E-state index contributed by atoms with van der Waals surface area (Å²) in [7, 11) is 1.78. The van der Waals surface area contributed by atoms with Gasteiger partial charge in [-0.05, 0) is 19.9 Å². The van der Waals surface area contributed by atoms with E-state index >= 15 is 0 Å². The lowest BCUT2D eigenvalue weighted by Crippen LogP contribution is -2.14. The van der Waals surface area contributed by atoms with E-state index in [2.05, 4.69) is 0 Å². The lowest BCUT2D eigenvalue weighted by atomic mass is 10.2. The number of rotatable bonds is 5. The molecule has 0 saturated carbocycles. The molecule has 5 nitrogen and oxygen atoms in total. The van der Waals surface area contributed by atoms with Crippen molar-refractivity contribution in [1.29, 1.82) is 0 Å². The van der Waals surface area contributed by atoms with Crippen molar-refractivity contribution in [2.24, 2.45) is 7.05 Å². The van der Waals surface area contributed by atoms with Crippen molar-refractivity contribution in [2.75, 3.05) is 13.2 Å². The van der Waals surface area contributed by atoms with Gasteiger partial charge in [0, 0.05) is 18.9 Å². The Kier molecular flexibility index (Phi) is 4.75. The van der Waals surface area contributed by atoms with Crippen LogP contribution in [0.1, 0.15) is 29.9 Å². The molecule has 0 spiro atoms. The number of aryl methyl sites for hydroxylation is 1. The first-order valence-corrected chi connectivity index (χ1v) is 5.57. The fourth-order valence-electron chi connectivity index (χ4n) is 1.53. The average molecular weight is 239 g/mol. The number of carbonyl (C=O) groups is 2. The third-order valence-corrected chi connectivity index (χ3v) is 2.31. The van der Waals surface area contributed by atoms with Gasteiger partial charge in [-0.15, -0.1) is 0 Å². The molecule has 1 rings (SSSR count). The number of carbonyl (C=O) groups excluding carboxylic acids is 2. The van der Waals surface area contributed by atoms with Gasteiger partial charge in [0.15, 0.2) is 0 Å². The molecule has 1 aromatic rings. The molecule has 0 unspecified atom stereocenters. The van der Waals surface area contributed by atoms with Crippen LogP contribution in [-0.2, 0) is 27.7 Å². The predicted octanol–water partition coefficient (Wildman–Crippen LogP) is 1.31. The molecular weight excluding hydrogens is 222 g/mol. The number of esters is 2. The summed E-state index contributed by atoms with van der Waals surface area (Å²) in [6, 6.07) is 1.65. The van der Waals surface area contributed by atoms with E-state index < -0.39 is 5.97 Å². The largest absolute Gasteiger partial charge is 0.466 e. The second-order valence-electron chi connectivity index (χ2n) is 3.49. The summed E-state index contributed by atoms with van der Waals surface area (Å²) >= 11 is 0. The summed E-state index contributed by atoms with van der Waals surface area (Å²) in [6.07, 6.45) is 1.80. The molecule has 0 radical (unpaired) electrons. The van der Waals surface area contributed by atoms with Gasteiger partial charge in [0.05, 0.1) is 25.2 Å². The Hall–Kier alpha value is -1.78. The number of hydrogen-bond donors (Lipinski definition) is 0. The Morgan fingerprint density at radius 2 is 1.88 bits per heavy atom. The van der Waals surface area contributed by atoms with E-state index in [4.69, 9.17) is 9.47 Å². The van der Waals surface area contributed by atoms with Crippen LogP contribution in [0.3, 0.4) is 0 Å². The van der Waals surface area contributed by atoms with E-state index in [-0.39, 0.29) is 12.4 Å². The average Bonchev–Trinajstić information content (AvgIpc) is 2.61. The highest BCUT2D eigenvalue weighted by molar-refractivity contribution is 5.92. The van der Waals surface area contributed by atoms with Gasteiger partial charge in [-0.2, -0.15) is 0 Å². The van der Waals surface area contributed by atoms with Crippen molar-refractivity contribution in [3.8, 4) is 0 Å². The summed E-state index contributed by atoms with van der Waals surface area (Å²) in [5.74, 6) is -0.757. The Labute approximate surface area is 100 Å². The fourth-order valence-corrected chi connectivity index (χ4v) is 1.53. The van der Waals surface area contributed by atoms with Gasteiger partial charge in [0.2, 0.25) is 0 Å². The minimum Gasteiger partial charge on any atom is -0.466 e. The molecule has 1 aromatic heterocycles. The van der Waals surface area contributed by atoms with E-state index in [9.17, 15) is 9.59 Å². The van der Waals surface area contributed by atoms with Crippen LogP contribution >= 0.6 is 0 Å². The van der Waals surface area contributed by atoms with Crippen molar-refractivity contribution < 1.29 is 19.1 Å². The van der Waals surface area contributed by atoms with Gasteiger partial charge in [-0.1, -0.05) is 0 Å². The summed E-state index contributed by atoms with van der Waals surface area (Å²) in [4.78, 5) is 23.0. The standard InChI is InChI=1S/C12H17NO4/c1-4-16-11(14)8-10-9(6-7-13(10)3)12(15)17-5-2/h6-7H,4-5,8H2,1-3H3. The lowest BCUT2D eigenvalue weighted by Gasteiger charge is -2.07. The van der Waals surface area contributed by atoms with Crippen LogP contribution in [0.5, 0.6) is 0 Å². The second-order valence-corrected chi connectivity index (χ2v) is 3.49. The van der Waals surface area contributed by atoms with Gasteiger partial charge < -0.3 is 14.0 Å². The van der Waals surface area contributed by atoms with Gasteiger partial charge in [-0.25, -0.2) is 4.79 Å². The summed E-state index contributed by atoms with van der Waals surface area (Å²) in [6.45, 7) is 4.13. The predicted molar refractivity (Wildman–Crippen MR) is 61.7 cm³/mol. The quantitative estimate of drug-likeness (QED) is 0.727. The molecule has 0 aliphatic rings. The smallest absolute Gasteiger partial charge is 0.339 e. The van der Waals surface area contributed by atoms with Crippen molar-refractivity contribution in [1.82, 2.24) is 4.57 Å². The van der Waals surface area contributed by atoms with E-state index in [1.54, 1.807) is 37.7 Å². The number of ether oxygens (including phenoxy) is 2. The van der Waals surface area contributed by atoms with Gasteiger partial charge in [0.25, 0.3) is 0 Å². The molecular formula is C12H17NO4. The Morgan fingerprint density at radius 3 is 2.47 bits per heavy atom. The third-order valence-electron chi connectivity index (χ3n) is 2.31. The molecule has 5 heteroatoms. The molecule has 94 valence electrons. The minimum absolute atomic E-state index is 0.0749. The van der Waals surface area contributed by atoms with Crippen molar-refractivity contribution in [3.05, 3.63) is 23.5 Å². The minimum atomic E-state index is -0.410. The van der Waals surface area contributed by atoms with E-state index in [0.717, 1.165) is 0 Å². The first-order chi connectivity index (χ1) is 8.10. The van der Waals surface area contributed by atoms with Crippen LogP contribution in [0.15, 0.2) is 12.3 Å². The molecule has 0 N–H and O–H groups in total. The number of nitrogens with zero attached hydrogens (tertiary/aromatic N) is 1. The number of aromatic nitrogens is 1. The summed E-state index contributed by atoms with van der Waals surface area (Å²) in [5.41, 5.74) is 1.03. The van der Waals surface area contributed by atoms with Crippen LogP contribution in [0, 0.1) is 0 Å². The van der Waals surface area contributed by atoms with Gasteiger partial charge in [0.1, 0.15) is 0 Å². The third kappa shape index (κ3) is 3.34. The maximum absolute atomic E-state index is 11.6. The molecule has 0 fully saturated rings. The van der Waals surface area contributed by atoms with Crippen LogP contribution in [0.2, 0.25) is 0 Å². The first kappa shape index (κ1) is 13.3. The maximum Gasteiger partial charge on any atom is 0.339 e. The molecule has 0 atom stereocenters. The monoisotopic (exact) mass is 239 g/mol. The molecule has 0 aliphatic heterocycles. The highest BCUT2D eigenvalue weighted by Crippen LogP contribution is 2.13. The van der Waals surface area contributed by atoms with Crippen molar-refractivity contribution >= 4 is 11.9 Å². The van der Waals surface area contributed by atoms with Gasteiger partial charge >= 0.3 is 11.9 Å². The van der Waals surface area contributed by atoms with Crippen LogP contribution in [0.4, 0.5) is 0 Å². The summed E-state index contributed by atoms with van der Waals surface area (Å²) < 4.78 is 11.5. The summed E-state index contributed by atoms with van der Waals surface area (Å²) in [5, 5.41) is 0. The molecule has 0 amide bonds. The fraction of sp³-hybridized carbons (Fsp3) is 0.500. The molecule has 0 bridgehead atoms. The molecule has 0 saturated heterocycles. The molecule has 0 aromatic carbocycles. The molecule has 17 heavy (non-hydrogen) atoms. The normalized spacial score (nSPS) is 10.1. The zero-order valence-electron chi connectivity index (χ0n) is 10.4. The first-order valence-electron chi connectivity index (χ1n) is 5.57. The topological polar surface area (TPSA) is 57.5 Å². The lowest BCUT2D eigenvalue weighted by molar-refractivity contribution is -0.142. The van der Waals surface area contributed by atoms with Crippen LogP contribution in [0.25, 0.3) is 0 Å². The maximum atomic E-state index is 11.6. The zero-order valence-corrected chi connectivity index (χ0v) is 10.4. The zero-order chi connectivity index (χ0) is 12.8. The Morgan fingerprint density at radius 1 is 1.24 bits per heavy atom. The van der Waals surface area contributed by atoms with Crippen LogP contribution < -0.4 is 0 Å². The Balaban J connectivity index is 2.86. The second kappa shape index (κ2) is 6.08.